The number of hydrogen-bond donors (Lipinski definition) is 3. The van der Waals surface area contributed by atoms with E-state index in [2.05, 4.69) is 19.9 Å². The molecule has 14 heteroatoms. The van der Waals surface area contributed by atoms with E-state index in [1.54, 1.807) is 17.0 Å². The number of anilines is 4. The van der Waals surface area contributed by atoms with Crippen LogP contribution in [0.5, 0.6) is 0 Å². The number of benzene rings is 1. The number of nitrogens with zero attached hydrogens (tertiary/aromatic N) is 4. The summed E-state index contributed by atoms with van der Waals surface area (Å²) in [6, 6.07) is 6.25. The smallest absolute Gasteiger partial charge is 0.257 e. The van der Waals surface area contributed by atoms with Crippen molar-refractivity contribution in [1.29, 1.82) is 0 Å². The number of aromatic nitrogens is 2. The first-order valence-electron chi connectivity index (χ1n) is 14.1. The van der Waals surface area contributed by atoms with Crippen LogP contribution >= 0.6 is 0 Å². The van der Waals surface area contributed by atoms with Crippen molar-refractivity contribution < 1.29 is 31.5 Å². The molecule has 0 bridgehead atoms. The number of nitrogens with one attached hydrogen (secondary N) is 2. The molecule has 0 unspecified atom stereocenters. The van der Waals surface area contributed by atoms with Crippen molar-refractivity contribution in [3.8, 4) is 0 Å². The van der Waals surface area contributed by atoms with Crippen LogP contribution in [0.15, 0.2) is 36.7 Å². The lowest BCUT2D eigenvalue weighted by atomic mass is 9.93. The molecule has 1 aromatic carbocycles. The first-order valence-corrected chi connectivity index (χ1v) is 15.7. The van der Waals surface area contributed by atoms with Crippen LogP contribution in [0.4, 0.5) is 35.9 Å². The van der Waals surface area contributed by atoms with Gasteiger partial charge in [-0.3, -0.25) is 13.9 Å². The molecule has 226 valence electrons. The van der Waals surface area contributed by atoms with Crippen LogP contribution in [0.3, 0.4) is 0 Å². The Balaban J connectivity index is 1.31. The maximum absolute atomic E-state index is 14.6. The Bertz CT molecular complexity index is 1610. The summed E-state index contributed by atoms with van der Waals surface area (Å²) in [7, 11) is -3.78. The Morgan fingerprint density at radius 2 is 1.60 bits per heavy atom. The summed E-state index contributed by atoms with van der Waals surface area (Å²) < 4.78 is 70.5. The maximum atomic E-state index is 14.6. The van der Waals surface area contributed by atoms with Gasteiger partial charge in [-0.05, 0) is 55.4 Å². The monoisotopic (exact) mass is 606 g/mol. The van der Waals surface area contributed by atoms with Gasteiger partial charge in [-0.2, -0.15) is 4.39 Å². The van der Waals surface area contributed by atoms with Gasteiger partial charge in [-0.15, -0.1) is 0 Å². The van der Waals surface area contributed by atoms with Crippen molar-refractivity contribution >= 4 is 44.3 Å². The van der Waals surface area contributed by atoms with Gasteiger partial charge >= 0.3 is 0 Å². The van der Waals surface area contributed by atoms with E-state index in [0.717, 1.165) is 19.0 Å². The average Bonchev–Trinajstić information content (AvgIpc) is 3.59. The zero-order valence-corrected chi connectivity index (χ0v) is 23.8. The molecule has 2 aromatic heterocycles. The third-order valence-electron chi connectivity index (χ3n) is 8.63. The van der Waals surface area contributed by atoms with Gasteiger partial charge in [0, 0.05) is 45.2 Å². The van der Waals surface area contributed by atoms with E-state index in [4.69, 9.17) is 5.11 Å². The van der Waals surface area contributed by atoms with Gasteiger partial charge in [-0.25, -0.2) is 22.2 Å². The minimum atomic E-state index is -3.78. The van der Waals surface area contributed by atoms with Crippen molar-refractivity contribution in [3.05, 3.63) is 48.2 Å². The molecule has 3 aliphatic rings. The summed E-state index contributed by atoms with van der Waals surface area (Å²) in [6.07, 6.45) is 6.10. The predicted molar refractivity (Wildman–Crippen MR) is 154 cm³/mol. The number of amides is 1. The number of carbonyl (C=O) groups is 1. The molecule has 4 heterocycles. The van der Waals surface area contributed by atoms with Crippen LogP contribution in [-0.2, 0) is 10.0 Å². The van der Waals surface area contributed by atoms with Gasteiger partial charge < -0.3 is 20.2 Å². The Hall–Kier alpha value is -3.52. The minimum Gasteiger partial charge on any atom is -0.395 e. The van der Waals surface area contributed by atoms with E-state index >= 15 is 0 Å². The summed E-state index contributed by atoms with van der Waals surface area (Å²) in [5, 5.41) is 11.9. The summed E-state index contributed by atoms with van der Waals surface area (Å²) in [4.78, 5) is 21.6. The fourth-order valence-electron chi connectivity index (χ4n) is 5.91. The second kappa shape index (κ2) is 10.6. The van der Waals surface area contributed by atoms with Crippen molar-refractivity contribution in [1.82, 2.24) is 9.38 Å². The fraction of sp³-hybridized carbons (Fsp3) is 0.500. The second-order valence-electron chi connectivity index (χ2n) is 11.5. The van der Waals surface area contributed by atoms with E-state index in [-0.39, 0.29) is 43.0 Å². The number of aliphatic hydroxyl groups excluding tert-OH is 1. The molecule has 1 aliphatic carbocycles. The third-order valence-corrected chi connectivity index (χ3v) is 9.90. The molecule has 1 spiro atoms. The molecule has 2 aliphatic heterocycles. The molecule has 6 rings (SSSR count). The van der Waals surface area contributed by atoms with Gasteiger partial charge in [0.05, 0.1) is 46.9 Å². The normalized spacial score (nSPS) is 19.7. The fourth-order valence-corrected chi connectivity index (χ4v) is 6.74. The second-order valence-corrected chi connectivity index (χ2v) is 13.4. The zero-order valence-electron chi connectivity index (χ0n) is 23.0. The predicted octanol–water partition coefficient (Wildman–Crippen LogP) is 4.08. The van der Waals surface area contributed by atoms with Crippen LogP contribution in [0.25, 0.3) is 5.65 Å². The molecule has 0 radical (unpaired) electrons. The molecule has 42 heavy (non-hydrogen) atoms. The van der Waals surface area contributed by atoms with Gasteiger partial charge in [0.1, 0.15) is 0 Å². The summed E-state index contributed by atoms with van der Waals surface area (Å²) in [5.41, 5.74) is 2.46. The number of alkyl halides is 2. The van der Waals surface area contributed by atoms with Crippen molar-refractivity contribution in [2.75, 3.05) is 58.4 Å². The number of imidazole rings is 1. The molecule has 1 saturated carbocycles. The number of hydrogen-bond acceptors (Lipinski definition) is 7. The van der Waals surface area contributed by atoms with E-state index in [9.17, 15) is 26.4 Å². The van der Waals surface area contributed by atoms with Crippen LogP contribution in [-0.4, -0.2) is 73.3 Å². The van der Waals surface area contributed by atoms with Crippen molar-refractivity contribution in [2.24, 2.45) is 5.41 Å². The van der Waals surface area contributed by atoms with Crippen LogP contribution < -0.4 is 19.8 Å². The van der Waals surface area contributed by atoms with Gasteiger partial charge in [0.15, 0.2) is 5.65 Å². The molecular weight excluding hydrogens is 573 g/mol. The Morgan fingerprint density at radius 1 is 0.952 bits per heavy atom. The number of fused-ring (bicyclic) bond motifs is 1. The SMILES string of the molecule is O=C(Nc1cc(N2CCC(F)(F)CC2)c2ncc(F)n2c1)c1ccc(NS(=O)(=O)CCO)cc1N1CCC2(CC1)CC2. The maximum Gasteiger partial charge on any atom is 0.257 e. The largest absolute Gasteiger partial charge is 0.395 e. The summed E-state index contributed by atoms with van der Waals surface area (Å²) in [6.45, 7) is 1.01. The van der Waals surface area contributed by atoms with E-state index in [1.165, 1.54) is 35.6 Å². The van der Waals surface area contributed by atoms with Crippen LogP contribution in [0.1, 0.15) is 48.9 Å². The topological polar surface area (TPSA) is 119 Å². The lowest BCUT2D eigenvalue weighted by Crippen LogP contribution is -2.39. The highest BCUT2D eigenvalue weighted by atomic mass is 32.2. The quantitative estimate of drug-likeness (QED) is 0.354. The Morgan fingerprint density at radius 3 is 2.26 bits per heavy atom. The third kappa shape index (κ3) is 5.87. The Kier molecular flexibility index (Phi) is 7.24. The first kappa shape index (κ1) is 28.6. The highest BCUT2D eigenvalue weighted by molar-refractivity contribution is 7.92. The molecule has 0 atom stereocenters. The number of pyridine rings is 1. The number of carbonyl (C=O) groups excluding carboxylic acids is 1. The van der Waals surface area contributed by atoms with Crippen LogP contribution in [0.2, 0.25) is 0 Å². The number of aliphatic hydroxyl groups is 1. The van der Waals surface area contributed by atoms with Crippen LogP contribution in [0, 0.1) is 11.4 Å². The molecule has 3 N–H and O–H groups in total. The van der Waals surface area contributed by atoms with Gasteiger partial charge in [-0.1, -0.05) is 0 Å². The molecule has 2 saturated heterocycles. The summed E-state index contributed by atoms with van der Waals surface area (Å²) >= 11 is 0. The minimum absolute atomic E-state index is 0.0583. The first-order chi connectivity index (χ1) is 20.0. The van der Waals surface area contributed by atoms with E-state index in [1.807, 2.05) is 0 Å². The molecular formula is C28H33F3N6O4S. The summed E-state index contributed by atoms with van der Waals surface area (Å²) in [5.74, 6) is -4.37. The van der Waals surface area contributed by atoms with Gasteiger partial charge in [0.2, 0.25) is 16.0 Å². The zero-order chi connectivity index (χ0) is 29.7. The highest BCUT2D eigenvalue weighted by Gasteiger charge is 2.44. The number of rotatable bonds is 8. The molecule has 1 amide bonds. The number of piperidine rings is 2. The average molecular weight is 607 g/mol. The lowest BCUT2D eigenvalue weighted by Gasteiger charge is -2.35. The number of sulfonamides is 1. The van der Waals surface area contributed by atoms with E-state index < -0.39 is 40.2 Å². The van der Waals surface area contributed by atoms with Crippen molar-refractivity contribution in [2.45, 2.75) is 44.4 Å². The molecule has 3 aromatic rings. The standard InChI is InChI=1S/C28H33F3N6O4S/c29-24-17-32-25-23(36-11-7-28(30,31)8-12-36)16-20(18-37(24)25)33-26(39)21-2-1-19(34-42(40,41)14-13-38)15-22(21)35-9-5-27(3-4-27)6-10-35/h1-2,15-18,34,38H,3-14H2,(H,33,39). The van der Waals surface area contributed by atoms with E-state index in [0.29, 0.717) is 35.4 Å². The highest BCUT2D eigenvalue weighted by Crippen LogP contribution is 2.54. The molecule has 3 fully saturated rings. The number of halogens is 3. The van der Waals surface area contributed by atoms with Gasteiger partial charge in [0.25, 0.3) is 11.8 Å². The Labute approximate surface area is 241 Å². The lowest BCUT2D eigenvalue weighted by molar-refractivity contribution is -0.0220. The molecule has 10 nitrogen and oxygen atoms in total. The van der Waals surface area contributed by atoms with Crippen molar-refractivity contribution in [3.63, 3.8) is 0 Å².